The number of amides is 2. The summed E-state index contributed by atoms with van der Waals surface area (Å²) in [6.45, 7) is 0. The molecule has 5 rings (SSSR count). The van der Waals surface area contributed by atoms with Crippen LogP contribution in [0.25, 0.3) is 11.1 Å². The third-order valence-electron chi connectivity index (χ3n) is 5.20. The van der Waals surface area contributed by atoms with Gasteiger partial charge in [0.25, 0.3) is 0 Å². The normalized spacial score (nSPS) is 20.9. The monoisotopic (exact) mass is 325 g/mol. The first kappa shape index (κ1) is 14.2. The van der Waals surface area contributed by atoms with Crippen LogP contribution >= 0.6 is 0 Å². The SMILES string of the molecule is O=C1[C@@H]2c3ccccc3-c3ccccc3[C@@H]2C(=O)N1c1ccccc1. The quantitative estimate of drug-likeness (QED) is 0.632. The van der Waals surface area contributed by atoms with Gasteiger partial charge in [-0.3, -0.25) is 9.59 Å². The number of anilines is 1. The van der Waals surface area contributed by atoms with E-state index in [0.717, 1.165) is 22.3 Å². The van der Waals surface area contributed by atoms with Gasteiger partial charge >= 0.3 is 0 Å². The minimum Gasteiger partial charge on any atom is -0.273 e. The van der Waals surface area contributed by atoms with Crippen molar-refractivity contribution in [3.63, 3.8) is 0 Å². The predicted octanol–water partition coefficient (Wildman–Crippen LogP) is 4.11. The second-order valence-electron chi connectivity index (χ2n) is 6.48. The maximum absolute atomic E-state index is 13.2. The van der Waals surface area contributed by atoms with Crippen LogP contribution in [0, 0.1) is 0 Å². The van der Waals surface area contributed by atoms with Crippen LogP contribution < -0.4 is 4.90 Å². The standard InChI is InChI=1S/C22H15NO2/c24-21-19-17-12-6-4-10-15(17)16-11-5-7-13-18(16)20(19)22(25)23(21)14-8-2-1-3-9-14/h1-13,19-20H/t19-,20+. The highest BCUT2D eigenvalue weighted by Crippen LogP contribution is 2.52. The minimum absolute atomic E-state index is 0.136. The van der Waals surface area contributed by atoms with Gasteiger partial charge in [0.2, 0.25) is 11.8 Å². The van der Waals surface area contributed by atoms with Gasteiger partial charge in [-0.2, -0.15) is 0 Å². The summed E-state index contributed by atoms with van der Waals surface area (Å²) in [7, 11) is 0. The molecule has 120 valence electrons. The van der Waals surface area contributed by atoms with Crippen molar-refractivity contribution in [3.8, 4) is 11.1 Å². The number of hydrogen-bond acceptors (Lipinski definition) is 2. The lowest BCUT2D eigenvalue weighted by molar-refractivity contribution is -0.121. The van der Waals surface area contributed by atoms with Crippen molar-refractivity contribution in [2.45, 2.75) is 11.8 Å². The molecule has 1 heterocycles. The van der Waals surface area contributed by atoms with Crippen LogP contribution in [0.5, 0.6) is 0 Å². The summed E-state index contributed by atoms with van der Waals surface area (Å²) in [5, 5.41) is 0. The van der Waals surface area contributed by atoms with Gasteiger partial charge < -0.3 is 0 Å². The highest BCUT2D eigenvalue weighted by Gasteiger charge is 2.52. The average Bonchev–Trinajstić information content (AvgIpc) is 2.94. The Hall–Kier alpha value is -3.20. The molecule has 1 saturated heterocycles. The van der Waals surface area contributed by atoms with Crippen molar-refractivity contribution < 1.29 is 9.59 Å². The fourth-order valence-corrected chi connectivity index (χ4v) is 4.16. The number of imide groups is 1. The first-order chi connectivity index (χ1) is 12.3. The van der Waals surface area contributed by atoms with Crippen molar-refractivity contribution in [2.75, 3.05) is 4.90 Å². The number of carbonyl (C=O) groups excluding carboxylic acids is 2. The Morgan fingerprint density at radius 2 is 1.00 bits per heavy atom. The van der Waals surface area contributed by atoms with E-state index in [1.54, 1.807) is 0 Å². The molecule has 3 heteroatoms. The molecule has 0 unspecified atom stereocenters. The van der Waals surface area contributed by atoms with E-state index in [1.807, 2.05) is 78.9 Å². The van der Waals surface area contributed by atoms with Crippen LogP contribution in [-0.4, -0.2) is 11.8 Å². The van der Waals surface area contributed by atoms with Gasteiger partial charge in [-0.1, -0.05) is 66.7 Å². The van der Waals surface area contributed by atoms with E-state index in [0.29, 0.717) is 5.69 Å². The van der Waals surface area contributed by atoms with Crippen molar-refractivity contribution >= 4 is 17.5 Å². The zero-order valence-electron chi connectivity index (χ0n) is 13.4. The fraction of sp³-hybridized carbons (Fsp3) is 0.0909. The molecule has 0 saturated carbocycles. The fourth-order valence-electron chi connectivity index (χ4n) is 4.16. The lowest BCUT2D eigenvalue weighted by Crippen LogP contribution is -2.30. The zero-order valence-corrected chi connectivity index (χ0v) is 13.4. The van der Waals surface area contributed by atoms with E-state index in [4.69, 9.17) is 0 Å². The van der Waals surface area contributed by atoms with Crippen LogP contribution in [0.3, 0.4) is 0 Å². The molecular weight excluding hydrogens is 310 g/mol. The number of hydrogen-bond donors (Lipinski definition) is 0. The summed E-state index contributed by atoms with van der Waals surface area (Å²) in [6, 6.07) is 25.0. The van der Waals surface area contributed by atoms with E-state index >= 15 is 0 Å². The third-order valence-corrected chi connectivity index (χ3v) is 5.20. The average molecular weight is 325 g/mol. The summed E-state index contributed by atoms with van der Waals surface area (Å²) in [5.74, 6) is -1.16. The van der Waals surface area contributed by atoms with Gasteiger partial charge in [0.1, 0.15) is 0 Å². The minimum atomic E-state index is -0.446. The Bertz CT molecular complexity index is 946. The molecule has 3 aromatic carbocycles. The van der Waals surface area contributed by atoms with Gasteiger partial charge in [0.05, 0.1) is 17.5 Å². The molecule has 1 aliphatic carbocycles. The third kappa shape index (κ3) is 1.86. The lowest BCUT2D eigenvalue weighted by Gasteiger charge is -2.27. The van der Waals surface area contributed by atoms with E-state index in [1.165, 1.54) is 4.90 Å². The Morgan fingerprint density at radius 1 is 0.560 bits per heavy atom. The smallest absolute Gasteiger partial charge is 0.242 e. The molecule has 0 aromatic heterocycles. The summed E-state index contributed by atoms with van der Waals surface area (Å²) >= 11 is 0. The van der Waals surface area contributed by atoms with E-state index < -0.39 is 11.8 Å². The Labute approximate surface area is 145 Å². The zero-order chi connectivity index (χ0) is 17.0. The van der Waals surface area contributed by atoms with Gasteiger partial charge in [-0.15, -0.1) is 0 Å². The van der Waals surface area contributed by atoms with Crippen molar-refractivity contribution in [3.05, 3.63) is 90.0 Å². The van der Waals surface area contributed by atoms with Crippen molar-refractivity contribution in [1.29, 1.82) is 0 Å². The van der Waals surface area contributed by atoms with E-state index in [9.17, 15) is 9.59 Å². The second-order valence-corrected chi connectivity index (χ2v) is 6.48. The summed E-state index contributed by atoms with van der Waals surface area (Å²) in [4.78, 5) is 27.8. The molecule has 1 fully saturated rings. The molecule has 0 radical (unpaired) electrons. The van der Waals surface area contributed by atoms with Gasteiger partial charge in [-0.05, 0) is 34.4 Å². The highest BCUT2D eigenvalue weighted by molar-refractivity contribution is 6.26. The van der Waals surface area contributed by atoms with Crippen LogP contribution in [0.15, 0.2) is 78.9 Å². The first-order valence-electron chi connectivity index (χ1n) is 8.38. The summed E-state index contributed by atoms with van der Waals surface area (Å²) in [5.41, 5.74) is 4.64. The molecule has 1 aliphatic heterocycles. The molecular formula is C22H15NO2. The van der Waals surface area contributed by atoms with E-state index in [-0.39, 0.29) is 11.8 Å². The number of fused-ring (bicyclic) bond motifs is 6. The largest absolute Gasteiger partial charge is 0.273 e. The molecule has 0 spiro atoms. The molecule has 3 aromatic rings. The van der Waals surface area contributed by atoms with Crippen LogP contribution in [0.2, 0.25) is 0 Å². The topological polar surface area (TPSA) is 37.4 Å². The Morgan fingerprint density at radius 3 is 1.52 bits per heavy atom. The number of para-hydroxylation sites is 1. The van der Waals surface area contributed by atoms with Crippen molar-refractivity contribution in [1.82, 2.24) is 0 Å². The van der Waals surface area contributed by atoms with E-state index in [2.05, 4.69) is 0 Å². The number of nitrogens with zero attached hydrogens (tertiary/aromatic N) is 1. The first-order valence-corrected chi connectivity index (χ1v) is 8.38. The Balaban J connectivity index is 1.76. The maximum atomic E-state index is 13.2. The predicted molar refractivity (Wildman–Crippen MR) is 96.3 cm³/mol. The number of carbonyl (C=O) groups is 2. The number of benzene rings is 3. The van der Waals surface area contributed by atoms with Crippen LogP contribution in [-0.2, 0) is 9.59 Å². The number of rotatable bonds is 1. The van der Waals surface area contributed by atoms with Crippen LogP contribution in [0.1, 0.15) is 23.0 Å². The maximum Gasteiger partial charge on any atom is 0.242 e. The summed E-state index contributed by atoms with van der Waals surface area (Å²) < 4.78 is 0. The lowest BCUT2D eigenvalue weighted by atomic mass is 9.73. The molecule has 2 atom stereocenters. The van der Waals surface area contributed by atoms with Gasteiger partial charge in [0.15, 0.2) is 0 Å². The molecule has 25 heavy (non-hydrogen) atoms. The Kier molecular flexibility index (Phi) is 2.92. The van der Waals surface area contributed by atoms with Crippen molar-refractivity contribution in [2.24, 2.45) is 0 Å². The molecule has 0 N–H and O–H groups in total. The summed E-state index contributed by atoms with van der Waals surface area (Å²) in [6.07, 6.45) is 0. The molecule has 3 nitrogen and oxygen atoms in total. The molecule has 2 aliphatic rings. The van der Waals surface area contributed by atoms with Gasteiger partial charge in [0, 0.05) is 0 Å². The van der Waals surface area contributed by atoms with Gasteiger partial charge in [-0.25, -0.2) is 4.90 Å². The molecule has 0 bridgehead atoms. The van der Waals surface area contributed by atoms with Crippen LogP contribution in [0.4, 0.5) is 5.69 Å². The second kappa shape index (κ2) is 5.15. The molecule has 2 amide bonds. The highest BCUT2D eigenvalue weighted by atomic mass is 16.2.